The molecule has 1 atom stereocenters. The molecule has 1 fully saturated rings. The van der Waals surface area contributed by atoms with E-state index >= 15 is 0 Å². The molecule has 0 bridgehead atoms. The van der Waals surface area contributed by atoms with Crippen molar-refractivity contribution in [1.82, 2.24) is 5.32 Å². The van der Waals surface area contributed by atoms with Gasteiger partial charge in [0.1, 0.15) is 5.75 Å². The van der Waals surface area contributed by atoms with Crippen LogP contribution < -0.4 is 10.1 Å². The Bertz CT molecular complexity index is 553. The quantitative estimate of drug-likeness (QED) is 0.656. The van der Waals surface area contributed by atoms with Crippen LogP contribution in [0.1, 0.15) is 69.9 Å². The van der Waals surface area contributed by atoms with E-state index in [1.165, 1.54) is 32.1 Å². The van der Waals surface area contributed by atoms with Crippen molar-refractivity contribution in [2.24, 2.45) is 0 Å². The Labute approximate surface area is 157 Å². The Balaban J connectivity index is 1.77. The predicted octanol–water partition coefficient (Wildman–Crippen LogP) is 5.07. The molecule has 3 nitrogen and oxygen atoms in total. The Kier molecular flexibility index (Phi) is 8.14. The number of rotatable bonds is 8. The largest absolute Gasteiger partial charge is 0.481 e. The summed E-state index contributed by atoms with van der Waals surface area (Å²) in [6, 6.07) is 6.22. The molecule has 4 heteroatoms. The Hall–Kier alpha value is -1.16. The van der Waals surface area contributed by atoms with Gasteiger partial charge in [-0.05, 0) is 49.8 Å². The number of ether oxygens (including phenoxy) is 1. The second kappa shape index (κ2) is 10.1. The smallest absolute Gasteiger partial charge is 0.260 e. The van der Waals surface area contributed by atoms with Gasteiger partial charge in [-0.25, -0.2) is 0 Å². The van der Waals surface area contributed by atoms with Gasteiger partial charge in [-0.1, -0.05) is 45.2 Å². The number of benzene rings is 1. The molecule has 1 aromatic rings. The summed E-state index contributed by atoms with van der Waals surface area (Å²) in [6.45, 7) is 8.88. The predicted molar refractivity (Wildman–Crippen MR) is 108 cm³/mol. The Morgan fingerprint density at radius 3 is 2.64 bits per heavy atom. The summed E-state index contributed by atoms with van der Waals surface area (Å²) in [5, 5.41) is 3.81. The summed E-state index contributed by atoms with van der Waals surface area (Å²) in [4.78, 5) is 12.3. The lowest BCUT2D eigenvalue weighted by molar-refractivity contribution is -0.127. The average Bonchev–Trinajstić information content (AvgIpc) is 2.59. The first-order chi connectivity index (χ1) is 12.0. The minimum Gasteiger partial charge on any atom is -0.481 e. The fourth-order valence-electron chi connectivity index (χ4n) is 3.24. The highest BCUT2D eigenvalue weighted by molar-refractivity contribution is 7.99. The van der Waals surface area contributed by atoms with Crippen LogP contribution in [0.4, 0.5) is 0 Å². The number of hydrogen-bond donors (Lipinski definition) is 1. The molecule has 1 unspecified atom stereocenters. The van der Waals surface area contributed by atoms with E-state index in [1.54, 1.807) is 0 Å². The van der Waals surface area contributed by atoms with Crippen LogP contribution in [0.3, 0.4) is 0 Å². The van der Waals surface area contributed by atoms with Gasteiger partial charge in [-0.15, -0.1) is 0 Å². The third-order valence-corrected chi connectivity index (χ3v) is 6.15. The molecule has 0 aromatic heterocycles. The van der Waals surface area contributed by atoms with Gasteiger partial charge in [0.2, 0.25) is 0 Å². The van der Waals surface area contributed by atoms with E-state index in [0.29, 0.717) is 5.92 Å². The first-order valence-electron chi connectivity index (χ1n) is 9.64. The van der Waals surface area contributed by atoms with Gasteiger partial charge in [0.25, 0.3) is 5.91 Å². The summed E-state index contributed by atoms with van der Waals surface area (Å²) in [7, 11) is 0. The van der Waals surface area contributed by atoms with Crippen LogP contribution in [0.5, 0.6) is 5.75 Å². The van der Waals surface area contributed by atoms with E-state index in [-0.39, 0.29) is 5.91 Å². The van der Waals surface area contributed by atoms with Crippen LogP contribution in [-0.4, -0.2) is 29.6 Å². The lowest BCUT2D eigenvalue weighted by Gasteiger charge is -2.21. The maximum Gasteiger partial charge on any atom is 0.260 e. The SMILES string of the molecule is Cc1ccc(C(C)C)c(OC(C)C(=O)NCCSC2CCCCC2)c1. The molecule has 1 aliphatic carbocycles. The molecular formula is C21H33NO2S. The van der Waals surface area contributed by atoms with Crippen molar-refractivity contribution >= 4 is 17.7 Å². The number of aryl methyl sites for hydroxylation is 1. The van der Waals surface area contributed by atoms with Gasteiger partial charge in [0.15, 0.2) is 6.10 Å². The first kappa shape index (κ1) is 20.2. The van der Waals surface area contributed by atoms with Gasteiger partial charge in [0.05, 0.1) is 0 Å². The Morgan fingerprint density at radius 1 is 1.24 bits per heavy atom. The van der Waals surface area contributed by atoms with Crippen LogP contribution in [-0.2, 0) is 4.79 Å². The zero-order chi connectivity index (χ0) is 18.2. The van der Waals surface area contributed by atoms with Gasteiger partial charge < -0.3 is 10.1 Å². The molecule has 1 aromatic carbocycles. The molecule has 0 heterocycles. The van der Waals surface area contributed by atoms with Crippen molar-refractivity contribution in [3.8, 4) is 5.75 Å². The maximum atomic E-state index is 12.3. The normalized spacial score (nSPS) is 16.7. The van der Waals surface area contributed by atoms with E-state index in [4.69, 9.17) is 4.74 Å². The van der Waals surface area contributed by atoms with Crippen LogP contribution in [0, 0.1) is 6.92 Å². The number of carbonyl (C=O) groups is 1. The van der Waals surface area contributed by atoms with E-state index < -0.39 is 6.10 Å². The molecule has 0 spiro atoms. The van der Waals surface area contributed by atoms with E-state index in [9.17, 15) is 4.79 Å². The van der Waals surface area contributed by atoms with Crippen LogP contribution >= 0.6 is 11.8 Å². The van der Waals surface area contributed by atoms with E-state index in [0.717, 1.165) is 34.4 Å². The van der Waals surface area contributed by atoms with Gasteiger partial charge in [0, 0.05) is 17.5 Å². The van der Waals surface area contributed by atoms with Crippen molar-refractivity contribution in [3.05, 3.63) is 29.3 Å². The van der Waals surface area contributed by atoms with Crippen molar-refractivity contribution in [2.75, 3.05) is 12.3 Å². The molecule has 0 aliphatic heterocycles. The number of thioether (sulfide) groups is 1. The van der Waals surface area contributed by atoms with Crippen LogP contribution in [0.15, 0.2) is 18.2 Å². The number of carbonyl (C=O) groups excluding carboxylic acids is 1. The summed E-state index contributed by atoms with van der Waals surface area (Å²) in [6.07, 6.45) is 6.32. The Morgan fingerprint density at radius 2 is 1.96 bits per heavy atom. The second-order valence-electron chi connectivity index (χ2n) is 7.38. The molecule has 0 radical (unpaired) electrons. The van der Waals surface area contributed by atoms with Crippen molar-refractivity contribution in [1.29, 1.82) is 0 Å². The zero-order valence-corrected chi connectivity index (χ0v) is 17.0. The van der Waals surface area contributed by atoms with Crippen molar-refractivity contribution in [3.63, 3.8) is 0 Å². The van der Waals surface area contributed by atoms with E-state index in [1.807, 2.05) is 31.7 Å². The van der Waals surface area contributed by atoms with Crippen LogP contribution in [0.25, 0.3) is 0 Å². The second-order valence-corrected chi connectivity index (χ2v) is 8.79. The third-order valence-electron chi connectivity index (χ3n) is 4.77. The highest BCUT2D eigenvalue weighted by Gasteiger charge is 2.18. The zero-order valence-electron chi connectivity index (χ0n) is 16.1. The minimum absolute atomic E-state index is 0.0274. The lowest BCUT2D eigenvalue weighted by Crippen LogP contribution is -2.37. The summed E-state index contributed by atoms with van der Waals surface area (Å²) < 4.78 is 5.98. The number of amides is 1. The average molecular weight is 364 g/mol. The maximum absolute atomic E-state index is 12.3. The number of nitrogens with one attached hydrogen (secondary N) is 1. The molecule has 1 amide bonds. The minimum atomic E-state index is -0.473. The molecule has 2 rings (SSSR count). The standard InChI is InChI=1S/C21H33NO2S/c1-15(2)19-11-10-16(3)14-20(19)24-17(4)21(23)22-12-13-25-18-8-6-5-7-9-18/h10-11,14-15,17-18H,5-9,12-13H2,1-4H3,(H,22,23). The highest BCUT2D eigenvalue weighted by atomic mass is 32.2. The summed E-state index contributed by atoms with van der Waals surface area (Å²) in [5.41, 5.74) is 2.30. The molecule has 25 heavy (non-hydrogen) atoms. The van der Waals surface area contributed by atoms with Gasteiger partial charge in [-0.3, -0.25) is 4.79 Å². The lowest BCUT2D eigenvalue weighted by atomic mass is 10.0. The molecular weight excluding hydrogens is 330 g/mol. The first-order valence-corrected chi connectivity index (χ1v) is 10.7. The fourth-order valence-corrected chi connectivity index (χ4v) is 4.46. The van der Waals surface area contributed by atoms with Crippen molar-refractivity contribution < 1.29 is 9.53 Å². The fraction of sp³-hybridized carbons (Fsp3) is 0.667. The van der Waals surface area contributed by atoms with Gasteiger partial charge in [-0.2, -0.15) is 11.8 Å². The van der Waals surface area contributed by atoms with Crippen LogP contribution in [0.2, 0.25) is 0 Å². The molecule has 1 N–H and O–H groups in total. The summed E-state index contributed by atoms with van der Waals surface area (Å²) in [5.74, 6) is 2.16. The van der Waals surface area contributed by atoms with Gasteiger partial charge >= 0.3 is 0 Å². The third kappa shape index (κ3) is 6.58. The summed E-state index contributed by atoms with van der Waals surface area (Å²) >= 11 is 2.01. The number of hydrogen-bond acceptors (Lipinski definition) is 3. The monoisotopic (exact) mass is 363 g/mol. The molecule has 140 valence electrons. The van der Waals surface area contributed by atoms with Crippen molar-refractivity contribution in [2.45, 2.75) is 77.1 Å². The van der Waals surface area contributed by atoms with E-state index in [2.05, 4.69) is 31.3 Å². The molecule has 1 aliphatic rings. The topological polar surface area (TPSA) is 38.3 Å². The highest BCUT2D eigenvalue weighted by Crippen LogP contribution is 2.29. The molecule has 1 saturated carbocycles. The molecule has 0 saturated heterocycles.